The fourth-order valence-corrected chi connectivity index (χ4v) is 4.35. The summed E-state index contributed by atoms with van der Waals surface area (Å²) in [5.74, 6) is -3.62. The lowest BCUT2D eigenvalue weighted by molar-refractivity contribution is 0.0992. The lowest BCUT2D eigenvalue weighted by atomic mass is 10.00. The molecule has 1 aliphatic rings. The van der Waals surface area contributed by atoms with Crippen LogP contribution in [0.5, 0.6) is 0 Å². The summed E-state index contributed by atoms with van der Waals surface area (Å²) in [6, 6.07) is 6.56. The van der Waals surface area contributed by atoms with Crippen molar-refractivity contribution in [3.63, 3.8) is 0 Å². The van der Waals surface area contributed by atoms with Crippen LogP contribution in [-0.2, 0) is 0 Å². The first-order valence-electron chi connectivity index (χ1n) is 11.7. The number of carbonyl (C=O) groups is 2. The first-order chi connectivity index (χ1) is 18.0. The number of amides is 2. The van der Waals surface area contributed by atoms with Gasteiger partial charge < -0.3 is 25.8 Å². The number of nitrogens with zero attached hydrogens (tertiary/aromatic N) is 2. The summed E-state index contributed by atoms with van der Waals surface area (Å²) in [5, 5.41) is 2.56. The van der Waals surface area contributed by atoms with E-state index in [9.17, 15) is 27.6 Å². The summed E-state index contributed by atoms with van der Waals surface area (Å²) >= 11 is 0. The predicted molar refractivity (Wildman–Crippen MR) is 135 cm³/mol. The number of pyridine rings is 1. The molecule has 1 aliphatic heterocycles. The van der Waals surface area contributed by atoms with E-state index in [4.69, 9.17) is 5.73 Å². The van der Waals surface area contributed by atoms with Crippen molar-refractivity contribution < 1.29 is 27.2 Å². The van der Waals surface area contributed by atoms with Crippen LogP contribution in [0, 0.1) is 11.6 Å². The third-order valence-corrected chi connectivity index (χ3v) is 6.62. The van der Waals surface area contributed by atoms with Crippen LogP contribution in [0.1, 0.15) is 39.6 Å². The van der Waals surface area contributed by atoms with Gasteiger partial charge in [0.2, 0.25) is 5.56 Å². The number of nitrogens with two attached hydrogens (primary N) is 1. The highest BCUT2D eigenvalue weighted by Crippen LogP contribution is 2.36. The number of nitrogens with one attached hydrogen (secondary N) is 2. The highest BCUT2D eigenvalue weighted by atomic mass is 19.3. The van der Waals surface area contributed by atoms with Crippen molar-refractivity contribution in [1.82, 2.24) is 9.88 Å². The van der Waals surface area contributed by atoms with Gasteiger partial charge in [-0.25, -0.2) is 17.6 Å². The topological polar surface area (TPSA) is 112 Å². The zero-order valence-corrected chi connectivity index (χ0v) is 20.5. The van der Waals surface area contributed by atoms with E-state index in [1.165, 1.54) is 18.2 Å². The number of hydrogen-bond donors (Lipinski definition) is 3. The second-order valence-corrected chi connectivity index (χ2v) is 9.10. The standard InChI is InChI=1S/C26H25F4N5O3/c1-13-12-35(6-5-34(13)2)22-10-20(28)16(14-3-4-15(25(31)37)19(27)7-14)8-21(22)33-26(38)18-11-32-23(36)9-17(18)24(29)30/h3-4,7-11,13,24H,5-6,12H2,1-2H3,(H2,31,37)(H,32,36)(H,33,38). The van der Waals surface area contributed by atoms with Gasteiger partial charge in [0.05, 0.1) is 22.5 Å². The van der Waals surface area contributed by atoms with E-state index in [1.807, 2.05) is 18.9 Å². The molecule has 200 valence electrons. The Bertz CT molecular complexity index is 1460. The molecule has 1 aromatic heterocycles. The number of halogens is 4. The smallest absolute Gasteiger partial charge is 0.264 e. The van der Waals surface area contributed by atoms with Crippen LogP contribution in [0.2, 0.25) is 0 Å². The average Bonchev–Trinajstić information content (AvgIpc) is 2.86. The van der Waals surface area contributed by atoms with Gasteiger partial charge in [0.25, 0.3) is 18.2 Å². The molecule has 0 radical (unpaired) electrons. The normalized spacial score (nSPS) is 16.1. The molecule has 4 rings (SSSR count). The number of aromatic amines is 1. The van der Waals surface area contributed by atoms with Gasteiger partial charge in [-0.1, -0.05) is 6.07 Å². The molecule has 1 unspecified atom stereocenters. The van der Waals surface area contributed by atoms with E-state index in [0.29, 0.717) is 31.4 Å². The molecule has 0 aliphatic carbocycles. The van der Waals surface area contributed by atoms with Crippen molar-refractivity contribution in [3.05, 3.63) is 81.3 Å². The van der Waals surface area contributed by atoms with E-state index in [-0.39, 0.29) is 28.4 Å². The first-order valence-corrected chi connectivity index (χ1v) is 11.7. The molecule has 1 atom stereocenters. The predicted octanol–water partition coefficient (Wildman–Crippen LogP) is 3.75. The molecule has 1 saturated heterocycles. The van der Waals surface area contributed by atoms with E-state index in [0.717, 1.165) is 18.3 Å². The summed E-state index contributed by atoms with van der Waals surface area (Å²) in [6.45, 7) is 3.60. The largest absolute Gasteiger partial charge is 0.367 e. The SMILES string of the molecule is CC1CN(c2cc(F)c(-c3ccc(C(N)=O)c(F)c3)cc2NC(=O)c2c[nH]c(=O)cc2C(F)F)CCN1C. The minimum Gasteiger partial charge on any atom is -0.367 e. The van der Waals surface area contributed by atoms with Crippen LogP contribution in [-0.4, -0.2) is 54.4 Å². The van der Waals surface area contributed by atoms with Gasteiger partial charge in [-0.15, -0.1) is 0 Å². The summed E-state index contributed by atoms with van der Waals surface area (Å²) in [4.78, 5) is 42.2. The molecule has 3 aromatic rings. The van der Waals surface area contributed by atoms with Crippen LogP contribution in [0.15, 0.2) is 47.4 Å². The number of primary amides is 1. The third-order valence-electron chi connectivity index (χ3n) is 6.62. The number of benzene rings is 2. The number of anilines is 2. The van der Waals surface area contributed by atoms with Crippen molar-refractivity contribution >= 4 is 23.2 Å². The van der Waals surface area contributed by atoms with Crippen molar-refractivity contribution in [2.45, 2.75) is 19.4 Å². The number of likely N-dealkylation sites (N-methyl/N-ethyl adjacent to an activating group) is 1. The monoisotopic (exact) mass is 531 g/mol. The van der Waals surface area contributed by atoms with Crippen LogP contribution >= 0.6 is 0 Å². The van der Waals surface area contributed by atoms with E-state index in [1.54, 1.807) is 0 Å². The summed E-state index contributed by atoms with van der Waals surface area (Å²) in [7, 11) is 1.95. The molecular formula is C26H25F4N5O3. The van der Waals surface area contributed by atoms with Gasteiger partial charge in [0, 0.05) is 49.1 Å². The fraction of sp³-hybridized carbons (Fsp3) is 0.269. The maximum absolute atomic E-state index is 15.4. The summed E-state index contributed by atoms with van der Waals surface area (Å²) < 4.78 is 57.0. The minimum absolute atomic E-state index is 0.0658. The van der Waals surface area contributed by atoms with Gasteiger partial charge in [0.15, 0.2) is 0 Å². The molecule has 12 heteroatoms. The maximum Gasteiger partial charge on any atom is 0.264 e. The molecule has 38 heavy (non-hydrogen) atoms. The molecule has 4 N–H and O–H groups in total. The number of H-pyrrole nitrogens is 1. The third kappa shape index (κ3) is 5.40. The Hall–Kier alpha value is -4.19. The molecular weight excluding hydrogens is 506 g/mol. The molecule has 2 aromatic carbocycles. The summed E-state index contributed by atoms with van der Waals surface area (Å²) in [6.07, 6.45) is -2.20. The van der Waals surface area contributed by atoms with Gasteiger partial charge in [-0.05, 0) is 43.8 Å². The Morgan fingerprint density at radius 3 is 2.45 bits per heavy atom. The number of alkyl halides is 2. The Kier molecular flexibility index (Phi) is 7.53. The Labute approximate surface area is 215 Å². The van der Waals surface area contributed by atoms with Crippen LogP contribution in [0.25, 0.3) is 11.1 Å². The minimum atomic E-state index is -3.09. The van der Waals surface area contributed by atoms with Gasteiger partial charge in [0.1, 0.15) is 11.6 Å². The highest BCUT2D eigenvalue weighted by molar-refractivity contribution is 6.07. The zero-order chi connectivity index (χ0) is 27.7. The molecule has 2 amide bonds. The van der Waals surface area contributed by atoms with Gasteiger partial charge >= 0.3 is 0 Å². The molecule has 2 heterocycles. The van der Waals surface area contributed by atoms with Crippen LogP contribution in [0.4, 0.5) is 28.9 Å². The first kappa shape index (κ1) is 26.9. The zero-order valence-electron chi connectivity index (χ0n) is 20.5. The van der Waals surface area contributed by atoms with Gasteiger partial charge in [-0.3, -0.25) is 14.4 Å². The number of piperazine rings is 1. The molecule has 0 bridgehead atoms. The number of hydrogen-bond acceptors (Lipinski definition) is 5. The van der Waals surface area contributed by atoms with Crippen molar-refractivity contribution in [3.8, 4) is 11.1 Å². The van der Waals surface area contributed by atoms with E-state index >= 15 is 4.39 Å². The molecule has 1 fully saturated rings. The second kappa shape index (κ2) is 10.7. The molecule has 0 saturated carbocycles. The number of carbonyl (C=O) groups excluding carboxylic acids is 2. The van der Waals surface area contributed by atoms with Crippen molar-refractivity contribution in [2.24, 2.45) is 5.73 Å². The average molecular weight is 532 g/mol. The molecule has 0 spiro atoms. The van der Waals surface area contributed by atoms with E-state index < -0.39 is 46.6 Å². The fourth-order valence-electron chi connectivity index (χ4n) is 4.35. The maximum atomic E-state index is 15.4. The lowest BCUT2D eigenvalue weighted by Crippen LogP contribution is -2.50. The lowest BCUT2D eigenvalue weighted by Gasteiger charge is -2.39. The van der Waals surface area contributed by atoms with Crippen molar-refractivity contribution in [2.75, 3.05) is 36.9 Å². The second-order valence-electron chi connectivity index (χ2n) is 9.10. The van der Waals surface area contributed by atoms with Gasteiger partial charge in [-0.2, -0.15) is 0 Å². The Morgan fingerprint density at radius 1 is 1.08 bits per heavy atom. The number of rotatable bonds is 6. The molecule has 8 nitrogen and oxygen atoms in total. The number of aromatic nitrogens is 1. The van der Waals surface area contributed by atoms with Crippen LogP contribution < -0.4 is 21.5 Å². The van der Waals surface area contributed by atoms with Crippen molar-refractivity contribution in [1.29, 1.82) is 0 Å². The summed E-state index contributed by atoms with van der Waals surface area (Å²) in [5.41, 5.74) is 3.12. The Balaban J connectivity index is 1.81. The van der Waals surface area contributed by atoms with E-state index in [2.05, 4.69) is 15.2 Å². The highest BCUT2D eigenvalue weighted by Gasteiger charge is 2.26. The van der Waals surface area contributed by atoms with Crippen LogP contribution in [0.3, 0.4) is 0 Å². The quantitative estimate of drug-likeness (QED) is 0.420. The Morgan fingerprint density at radius 2 is 1.82 bits per heavy atom.